The highest BCUT2D eigenvalue weighted by atomic mass is 16.3. The Hall–Kier alpha value is -1.28. The first-order valence-electron chi connectivity index (χ1n) is 7.33. The summed E-state index contributed by atoms with van der Waals surface area (Å²) in [6.07, 6.45) is 4.14. The zero-order chi connectivity index (χ0) is 13.9. The Balaban J connectivity index is 2.41. The minimum Gasteiger partial charge on any atom is -0.464 e. The van der Waals surface area contributed by atoms with Crippen molar-refractivity contribution in [3.63, 3.8) is 0 Å². The highest BCUT2D eigenvalue weighted by molar-refractivity contribution is 5.78. The molecule has 0 spiro atoms. The summed E-state index contributed by atoms with van der Waals surface area (Å²) in [5, 5.41) is 4.79. The summed E-state index contributed by atoms with van der Waals surface area (Å²) in [6.45, 7) is 10.1. The van der Waals surface area contributed by atoms with Crippen LogP contribution < -0.4 is 5.32 Å². The third-order valence-corrected chi connectivity index (χ3v) is 4.35. The highest BCUT2D eigenvalue weighted by Crippen LogP contribution is 2.34. The van der Waals surface area contributed by atoms with E-state index in [1.165, 1.54) is 23.8 Å². The molecule has 1 aromatic carbocycles. The number of hydrogen-bond donors (Lipinski definition) is 1. The predicted octanol–water partition coefficient (Wildman–Crippen LogP) is 4.49. The number of hydrogen-bond acceptors (Lipinski definition) is 2. The molecule has 0 radical (unpaired) electrons. The maximum atomic E-state index is 5.44. The van der Waals surface area contributed by atoms with Crippen LogP contribution in [-0.4, -0.2) is 12.6 Å². The van der Waals surface area contributed by atoms with Crippen molar-refractivity contribution in [2.24, 2.45) is 0 Å². The standard InChI is InChI=1S/C17H25NO/c1-5-10-17(4,13(3)18-6-2)15-7-8-16-14(12-15)9-11-19-16/h7-9,11-13,18H,5-6,10H2,1-4H3. The van der Waals surface area contributed by atoms with Gasteiger partial charge < -0.3 is 9.73 Å². The van der Waals surface area contributed by atoms with Gasteiger partial charge in [0.2, 0.25) is 0 Å². The van der Waals surface area contributed by atoms with Gasteiger partial charge in [-0.3, -0.25) is 0 Å². The fourth-order valence-electron chi connectivity index (χ4n) is 2.98. The lowest BCUT2D eigenvalue weighted by molar-refractivity contribution is 0.315. The number of likely N-dealkylation sites (N-methyl/N-ethyl adjacent to an activating group) is 1. The molecular formula is C17H25NO. The molecule has 1 N–H and O–H groups in total. The normalized spacial score (nSPS) is 16.4. The molecule has 0 fully saturated rings. The third kappa shape index (κ3) is 2.69. The smallest absolute Gasteiger partial charge is 0.133 e. The molecule has 1 aromatic heterocycles. The summed E-state index contributed by atoms with van der Waals surface area (Å²) in [5.41, 5.74) is 2.53. The van der Waals surface area contributed by atoms with Gasteiger partial charge in [-0.05, 0) is 43.7 Å². The van der Waals surface area contributed by atoms with Crippen LogP contribution in [0.15, 0.2) is 34.9 Å². The van der Waals surface area contributed by atoms with Gasteiger partial charge in [-0.15, -0.1) is 0 Å². The Bertz CT molecular complexity index is 531. The lowest BCUT2D eigenvalue weighted by Crippen LogP contribution is -2.44. The Kier molecular flexibility index (Phi) is 4.31. The van der Waals surface area contributed by atoms with E-state index in [1.807, 2.05) is 6.07 Å². The van der Waals surface area contributed by atoms with Crippen LogP contribution in [0.2, 0.25) is 0 Å². The molecule has 0 aliphatic heterocycles. The summed E-state index contributed by atoms with van der Waals surface area (Å²) in [4.78, 5) is 0. The molecule has 0 saturated heterocycles. The number of furan rings is 1. The maximum Gasteiger partial charge on any atom is 0.133 e. The molecule has 0 aliphatic rings. The van der Waals surface area contributed by atoms with Crippen LogP contribution in [0.1, 0.15) is 46.1 Å². The molecule has 0 amide bonds. The van der Waals surface area contributed by atoms with Crippen LogP contribution in [0.3, 0.4) is 0 Å². The molecule has 2 unspecified atom stereocenters. The van der Waals surface area contributed by atoms with Crippen molar-refractivity contribution in [1.29, 1.82) is 0 Å². The molecule has 104 valence electrons. The van der Waals surface area contributed by atoms with Gasteiger partial charge in [0.25, 0.3) is 0 Å². The molecule has 19 heavy (non-hydrogen) atoms. The van der Waals surface area contributed by atoms with Crippen molar-refractivity contribution in [3.05, 3.63) is 36.1 Å². The Morgan fingerprint density at radius 2 is 2.05 bits per heavy atom. The van der Waals surface area contributed by atoms with Crippen LogP contribution in [0.4, 0.5) is 0 Å². The lowest BCUT2D eigenvalue weighted by Gasteiger charge is -2.37. The van der Waals surface area contributed by atoms with E-state index < -0.39 is 0 Å². The van der Waals surface area contributed by atoms with Crippen LogP contribution in [-0.2, 0) is 5.41 Å². The largest absolute Gasteiger partial charge is 0.464 e. The number of rotatable bonds is 6. The van der Waals surface area contributed by atoms with Gasteiger partial charge in [-0.1, -0.05) is 33.3 Å². The minimum absolute atomic E-state index is 0.163. The van der Waals surface area contributed by atoms with Crippen molar-refractivity contribution >= 4 is 11.0 Å². The quantitative estimate of drug-likeness (QED) is 0.827. The molecule has 0 bridgehead atoms. The molecule has 0 aliphatic carbocycles. The maximum absolute atomic E-state index is 5.44. The van der Waals surface area contributed by atoms with Crippen LogP contribution >= 0.6 is 0 Å². The van der Waals surface area contributed by atoms with Gasteiger partial charge in [0.15, 0.2) is 0 Å². The predicted molar refractivity (Wildman–Crippen MR) is 81.6 cm³/mol. The zero-order valence-corrected chi connectivity index (χ0v) is 12.5. The van der Waals surface area contributed by atoms with Gasteiger partial charge in [-0.25, -0.2) is 0 Å². The van der Waals surface area contributed by atoms with E-state index in [4.69, 9.17) is 4.42 Å². The van der Waals surface area contributed by atoms with E-state index in [0.717, 1.165) is 12.1 Å². The molecule has 1 heterocycles. The Labute approximate surface area is 116 Å². The fraction of sp³-hybridized carbons (Fsp3) is 0.529. The summed E-state index contributed by atoms with van der Waals surface area (Å²) >= 11 is 0. The second-order valence-corrected chi connectivity index (χ2v) is 5.62. The second kappa shape index (κ2) is 5.79. The molecule has 2 atom stereocenters. The average molecular weight is 259 g/mol. The van der Waals surface area contributed by atoms with Gasteiger partial charge in [0.1, 0.15) is 5.58 Å². The minimum atomic E-state index is 0.163. The molecule has 0 saturated carbocycles. The van der Waals surface area contributed by atoms with Crippen molar-refractivity contribution in [1.82, 2.24) is 5.32 Å². The highest BCUT2D eigenvalue weighted by Gasteiger charge is 2.31. The van der Waals surface area contributed by atoms with Crippen molar-refractivity contribution in [2.45, 2.75) is 52.0 Å². The van der Waals surface area contributed by atoms with Gasteiger partial charge in [0.05, 0.1) is 6.26 Å². The van der Waals surface area contributed by atoms with Crippen LogP contribution in [0.25, 0.3) is 11.0 Å². The lowest BCUT2D eigenvalue weighted by atomic mass is 9.73. The Morgan fingerprint density at radius 1 is 1.26 bits per heavy atom. The third-order valence-electron chi connectivity index (χ3n) is 4.35. The summed E-state index contributed by atoms with van der Waals surface area (Å²) in [6, 6.07) is 9.10. The first-order valence-corrected chi connectivity index (χ1v) is 7.33. The van der Waals surface area contributed by atoms with E-state index in [9.17, 15) is 0 Å². The molecule has 2 rings (SSSR count). The van der Waals surface area contributed by atoms with E-state index >= 15 is 0 Å². The topological polar surface area (TPSA) is 25.2 Å². The molecule has 2 nitrogen and oxygen atoms in total. The molecular weight excluding hydrogens is 234 g/mol. The van der Waals surface area contributed by atoms with Crippen LogP contribution in [0, 0.1) is 0 Å². The van der Waals surface area contributed by atoms with Gasteiger partial charge in [-0.2, -0.15) is 0 Å². The summed E-state index contributed by atoms with van der Waals surface area (Å²) in [5.74, 6) is 0. The van der Waals surface area contributed by atoms with E-state index in [1.54, 1.807) is 6.26 Å². The summed E-state index contributed by atoms with van der Waals surface area (Å²) < 4.78 is 5.44. The van der Waals surface area contributed by atoms with Crippen LogP contribution in [0.5, 0.6) is 0 Å². The van der Waals surface area contributed by atoms with Crippen molar-refractivity contribution < 1.29 is 4.42 Å². The SMILES string of the molecule is CCCC(C)(c1ccc2occc2c1)C(C)NCC. The zero-order valence-electron chi connectivity index (χ0n) is 12.5. The number of benzene rings is 1. The monoisotopic (exact) mass is 259 g/mol. The molecule has 2 heteroatoms. The fourth-order valence-corrected chi connectivity index (χ4v) is 2.98. The average Bonchev–Trinajstić information content (AvgIpc) is 2.86. The number of fused-ring (bicyclic) bond motifs is 1. The van der Waals surface area contributed by atoms with Crippen molar-refractivity contribution in [3.8, 4) is 0 Å². The second-order valence-electron chi connectivity index (χ2n) is 5.62. The molecule has 2 aromatic rings. The van der Waals surface area contributed by atoms with Gasteiger partial charge >= 0.3 is 0 Å². The number of nitrogens with one attached hydrogen (secondary N) is 1. The summed E-state index contributed by atoms with van der Waals surface area (Å²) in [7, 11) is 0. The Morgan fingerprint density at radius 3 is 2.74 bits per heavy atom. The van der Waals surface area contributed by atoms with E-state index in [-0.39, 0.29) is 5.41 Å². The van der Waals surface area contributed by atoms with E-state index in [0.29, 0.717) is 6.04 Å². The first-order chi connectivity index (χ1) is 9.11. The van der Waals surface area contributed by atoms with Crippen molar-refractivity contribution in [2.75, 3.05) is 6.54 Å². The first kappa shape index (κ1) is 14.1. The van der Waals surface area contributed by atoms with E-state index in [2.05, 4.69) is 51.2 Å². The van der Waals surface area contributed by atoms with Gasteiger partial charge in [0, 0.05) is 16.8 Å².